The number of piperazine rings is 1. The minimum atomic E-state index is -0.442. The van der Waals surface area contributed by atoms with Gasteiger partial charge in [-0.3, -0.25) is 15.0 Å². The third-order valence-corrected chi connectivity index (χ3v) is 3.81. The molecule has 0 saturated carbocycles. The molecule has 0 radical (unpaired) electrons. The topological polar surface area (TPSA) is 73.5 Å². The van der Waals surface area contributed by atoms with Crippen molar-refractivity contribution in [3.05, 3.63) is 35.9 Å². The summed E-state index contributed by atoms with van der Waals surface area (Å²) in [5.41, 5.74) is 1.000. The van der Waals surface area contributed by atoms with Crippen molar-refractivity contribution in [1.29, 1.82) is 0 Å². The van der Waals surface area contributed by atoms with Crippen LogP contribution in [0, 0.1) is 0 Å². The van der Waals surface area contributed by atoms with Crippen molar-refractivity contribution in [3.63, 3.8) is 0 Å². The van der Waals surface area contributed by atoms with Gasteiger partial charge in [0.15, 0.2) is 0 Å². The van der Waals surface area contributed by atoms with E-state index in [1.807, 2.05) is 30.3 Å². The van der Waals surface area contributed by atoms with Crippen LogP contribution in [0.2, 0.25) is 0 Å². The molecule has 1 saturated heterocycles. The molecule has 0 aromatic heterocycles. The summed E-state index contributed by atoms with van der Waals surface area (Å²) in [6, 6.07) is 9.57. The first-order valence-corrected chi connectivity index (χ1v) is 7.71. The minimum absolute atomic E-state index is 0. The number of hydrogen-bond donors (Lipinski definition) is 3. The second-order valence-corrected chi connectivity index (χ2v) is 5.56. The number of carbonyl (C=O) groups is 2. The molecular formula is C16H25ClN4O2. The lowest BCUT2D eigenvalue weighted by Gasteiger charge is -2.33. The van der Waals surface area contributed by atoms with E-state index in [1.165, 1.54) is 0 Å². The molecule has 0 aliphatic carbocycles. The average molecular weight is 341 g/mol. The first-order chi connectivity index (χ1) is 10.6. The number of imide groups is 1. The van der Waals surface area contributed by atoms with E-state index in [0.717, 1.165) is 25.2 Å². The molecule has 128 valence electrons. The van der Waals surface area contributed by atoms with Gasteiger partial charge in [0, 0.05) is 45.2 Å². The van der Waals surface area contributed by atoms with Gasteiger partial charge in [-0.2, -0.15) is 0 Å². The molecule has 1 heterocycles. The second kappa shape index (κ2) is 10.2. The lowest BCUT2D eigenvalue weighted by molar-refractivity contribution is -0.120. The minimum Gasteiger partial charge on any atom is -0.334 e. The molecule has 1 aliphatic rings. The molecule has 1 aliphatic heterocycles. The Morgan fingerprint density at radius 2 is 2.04 bits per heavy atom. The number of amides is 3. The molecule has 1 aromatic rings. The molecule has 3 amide bonds. The molecule has 0 unspecified atom stereocenters. The van der Waals surface area contributed by atoms with Crippen LogP contribution < -0.4 is 16.0 Å². The summed E-state index contributed by atoms with van der Waals surface area (Å²) in [4.78, 5) is 25.7. The fourth-order valence-corrected chi connectivity index (χ4v) is 2.47. The molecule has 0 bridgehead atoms. The molecule has 1 aromatic carbocycles. The highest BCUT2D eigenvalue weighted by Gasteiger charge is 2.18. The predicted octanol–water partition coefficient (Wildman–Crippen LogP) is 1.12. The van der Waals surface area contributed by atoms with Crippen LogP contribution in [0.3, 0.4) is 0 Å². The van der Waals surface area contributed by atoms with Crippen molar-refractivity contribution in [2.75, 3.05) is 26.2 Å². The molecule has 2 rings (SSSR count). The van der Waals surface area contributed by atoms with Gasteiger partial charge < -0.3 is 10.6 Å². The number of hydrogen-bond acceptors (Lipinski definition) is 4. The summed E-state index contributed by atoms with van der Waals surface area (Å²) in [6.45, 7) is 6.06. The monoisotopic (exact) mass is 340 g/mol. The van der Waals surface area contributed by atoms with Crippen molar-refractivity contribution in [2.24, 2.45) is 0 Å². The molecule has 23 heavy (non-hydrogen) atoms. The van der Waals surface area contributed by atoms with E-state index in [0.29, 0.717) is 25.6 Å². The van der Waals surface area contributed by atoms with Crippen LogP contribution >= 0.6 is 12.4 Å². The Hall–Kier alpha value is -1.63. The highest BCUT2D eigenvalue weighted by Crippen LogP contribution is 2.03. The van der Waals surface area contributed by atoms with Gasteiger partial charge in [0.25, 0.3) is 0 Å². The zero-order valence-corrected chi connectivity index (χ0v) is 14.2. The molecule has 6 nitrogen and oxygen atoms in total. The summed E-state index contributed by atoms with van der Waals surface area (Å²) in [6.07, 6.45) is 0.336. The summed E-state index contributed by atoms with van der Waals surface area (Å²) in [5.74, 6) is -0.240. The number of rotatable bonds is 5. The standard InChI is InChI=1S/C16H24N4O2.ClH/c1-13-11-17-8-10-20(13)9-7-15(21)19-16(22)18-12-14-5-3-2-4-6-14;/h2-6,13,17H,7-12H2,1H3,(H2,18,19,21,22);1H/t13-;/m0./s1. The smallest absolute Gasteiger partial charge is 0.321 e. The Morgan fingerprint density at radius 3 is 2.74 bits per heavy atom. The second-order valence-electron chi connectivity index (χ2n) is 5.56. The predicted molar refractivity (Wildman–Crippen MR) is 92.6 cm³/mol. The van der Waals surface area contributed by atoms with Crippen molar-refractivity contribution < 1.29 is 9.59 Å². The molecule has 0 spiro atoms. The Kier molecular flexibility index (Phi) is 8.61. The van der Waals surface area contributed by atoms with E-state index in [9.17, 15) is 9.59 Å². The van der Waals surface area contributed by atoms with E-state index < -0.39 is 6.03 Å². The first kappa shape index (κ1) is 19.4. The van der Waals surface area contributed by atoms with Crippen LogP contribution in [-0.4, -0.2) is 49.1 Å². The summed E-state index contributed by atoms with van der Waals surface area (Å²) < 4.78 is 0. The largest absolute Gasteiger partial charge is 0.334 e. The van der Waals surface area contributed by atoms with Crippen LogP contribution in [0.25, 0.3) is 0 Å². The van der Waals surface area contributed by atoms with Gasteiger partial charge in [-0.15, -0.1) is 12.4 Å². The van der Waals surface area contributed by atoms with Gasteiger partial charge in [0.2, 0.25) is 5.91 Å². The Morgan fingerprint density at radius 1 is 1.30 bits per heavy atom. The molecule has 1 atom stereocenters. The quantitative estimate of drug-likeness (QED) is 0.751. The highest BCUT2D eigenvalue weighted by atomic mass is 35.5. The Bertz CT molecular complexity index is 498. The van der Waals surface area contributed by atoms with Gasteiger partial charge >= 0.3 is 6.03 Å². The van der Waals surface area contributed by atoms with E-state index >= 15 is 0 Å². The molecular weight excluding hydrogens is 316 g/mol. The summed E-state index contributed by atoms with van der Waals surface area (Å²) in [5, 5.41) is 8.37. The number of nitrogens with one attached hydrogen (secondary N) is 3. The maximum absolute atomic E-state index is 11.8. The van der Waals surface area contributed by atoms with Crippen LogP contribution in [-0.2, 0) is 11.3 Å². The van der Waals surface area contributed by atoms with Crippen LogP contribution in [0.1, 0.15) is 18.9 Å². The zero-order valence-electron chi connectivity index (χ0n) is 13.4. The summed E-state index contributed by atoms with van der Waals surface area (Å²) >= 11 is 0. The number of urea groups is 1. The SMILES string of the molecule is C[C@H]1CNCCN1CCC(=O)NC(=O)NCc1ccccc1.Cl. The van der Waals surface area contributed by atoms with E-state index in [2.05, 4.69) is 27.8 Å². The molecule has 3 N–H and O–H groups in total. The van der Waals surface area contributed by atoms with E-state index in [1.54, 1.807) is 0 Å². The fourth-order valence-electron chi connectivity index (χ4n) is 2.47. The van der Waals surface area contributed by atoms with E-state index in [-0.39, 0.29) is 18.3 Å². The van der Waals surface area contributed by atoms with Crippen molar-refractivity contribution in [2.45, 2.75) is 25.9 Å². The number of benzene rings is 1. The number of carbonyl (C=O) groups excluding carboxylic acids is 2. The van der Waals surface area contributed by atoms with Gasteiger partial charge in [0.1, 0.15) is 0 Å². The molecule has 1 fully saturated rings. The van der Waals surface area contributed by atoms with Crippen LogP contribution in [0.15, 0.2) is 30.3 Å². The third-order valence-electron chi connectivity index (χ3n) is 3.81. The summed E-state index contributed by atoms with van der Waals surface area (Å²) in [7, 11) is 0. The number of nitrogens with zero attached hydrogens (tertiary/aromatic N) is 1. The maximum Gasteiger partial charge on any atom is 0.321 e. The van der Waals surface area contributed by atoms with Crippen LogP contribution in [0.5, 0.6) is 0 Å². The zero-order chi connectivity index (χ0) is 15.8. The van der Waals surface area contributed by atoms with Gasteiger partial charge in [-0.25, -0.2) is 4.79 Å². The highest BCUT2D eigenvalue weighted by molar-refractivity contribution is 5.94. The number of halogens is 1. The molecule has 7 heteroatoms. The van der Waals surface area contributed by atoms with Crippen molar-refractivity contribution in [3.8, 4) is 0 Å². The van der Waals surface area contributed by atoms with Crippen molar-refractivity contribution in [1.82, 2.24) is 20.9 Å². The first-order valence-electron chi connectivity index (χ1n) is 7.71. The lowest BCUT2D eigenvalue weighted by atomic mass is 10.2. The van der Waals surface area contributed by atoms with Crippen molar-refractivity contribution >= 4 is 24.3 Å². The normalized spacial score (nSPS) is 17.9. The van der Waals surface area contributed by atoms with Gasteiger partial charge in [0.05, 0.1) is 0 Å². The van der Waals surface area contributed by atoms with Crippen LogP contribution in [0.4, 0.5) is 4.79 Å². The Balaban J connectivity index is 0.00000264. The lowest BCUT2D eigenvalue weighted by Crippen LogP contribution is -2.50. The average Bonchev–Trinajstić information content (AvgIpc) is 2.53. The Labute approximate surface area is 143 Å². The van der Waals surface area contributed by atoms with E-state index in [4.69, 9.17) is 0 Å². The fraction of sp³-hybridized carbons (Fsp3) is 0.500. The van der Waals surface area contributed by atoms with Gasteiger partial charge in [-0.05, 0) is 12.5 Å². The third kappa shape index (κ3) is 6.99. The van der Waals surface area contributed by atoms with Gasteiger partial charge in [-0.1, -0.05) is 30.3 Å². The maximum atomic E-state index is 11.8.